The summed E-state index contributed by atoms with van der Waals surface area (Å²) in [7, 11) is 1.74. The molecule has 0 aliphatic carbocycles. The van der Waals surface area contributed by atoms with E-state index in [0.717, 1.165) is 44.3 Å². The number of carbonyl (C=O) groups excluding carboxylic acids is 1. The molecular weight excluding hydrogens is 388 g/mol. The molecule has 154 valence electrons. The van der Waals surface area contributed by atoms with E-state index >= 15 is 0 Å². The number of benzene rings is 3. The van der Waals surface area contributed by atoms with Gasteiger partial charge in [0.05, 0.1) is 28.3 Å². The first-order valence-electron chi connectivity index (χ1n) is 9.96. The number of nitrogen functional groups attached to an aromatic ring is 1. The van der Waals surface area contributed by atoms with E-state index in [9.17, 15) is 4.79 Å². The number of hydrazine groups is 1. The maximum absolute atomic E-state index is 12.7. The van der Waals surface area contributed by atoms with E-state index in [1.165, 1.54) is 5.01 Å². The molecule has 0 amide bonds. The molecule has 0 spiro atoms. The fourth-order valence-corrected chi connectivity index (χ4v) is 3.92. The van der Waals surface area contributed by atoms with Crippen LogP contribution in [0.4, 0.5) is 11.4 Å². The highest BCUT2D eigenvalue weighted by molar-refractivity contribution is 6.06. The van der Waals surface area contributed by atoms with Gasteiger partial charge in [-0.15, -0.1) is 0 Å². The minimum absolute atomic E-state index is 0.0543. The number of H-pyrrole nitrogens is 2. The lowest BCUT2D eigenvalue weighted by atomic mass is 10.0. The summed E-state index contributed by atoms with van der Waals surface area (Å²) in [6.07, 6.45) is 0.361. The van der Waals surface area contributed by atoms with Gasteiger partial charge in [0.15, 0.2) is 5.78 Å². The van der Waals surface area contributed by atoms with E-state index in [-0.39, 0.29) is 5.78 Å². The summed E-state index contributed by atoms with van der Waals surface area (Å²) in [4.78, 5) is 16.0. The van der Waals surface area contributed by atoms with Crippen molar-refractivity contribution < 1.29 is 4.79 Å². The number of carbonyl (C=O) groups is 1. The highest BCUT2D eigenvalue weighted by Crippen LogP contribution is 2.33. The molecule has 0 radical (unpaired) electrons. The quantitative estimate of drug-likeness (QED) is 0.151. The molecule has 0 fully saturated rings. The SMILES string of the molecule is CN(N)c1ccc(-c2n[nH]c3cc4[nH]c(C(=O)Cc5ccccc5)cc4cc23)cc1N. The van der Waals surface area contributed by atoms with Crippen molar-refractivity contribution in [2.75, 3.05) is 17.8 Å². The lowest BCUT2D eigenvalue weighted by Crippen LogP contribution is -2.25. The monoisotopic (exact) mass is 410 g/mol. The average molecular weight is 410 g/mol. The number of Topliss-reactive ketones (excluding diaryl/α,β-unsaturated/α-hetero) is 1. The maximum Gasteiger partial charge on any atom is 0.183 e. The maximum atomic E-state index is 12.7. The van der Waals surface area contributed by atoms with Crippen molar-refractivity contribution in [1.82, 2.24) is 15.2 Å². The smallest absolute Gasteiger partial charge is 0.183 e. The number of hydrogen-bond acceptors (Lipinski definition) is 5. The van der Waals surface area contributed by atoms with Gasteiger partial charge in [0.1, 0.15) is 0 Å². The number of aromatic nitrogens is 3. The molecule has 0 saturated heterocycles. The molecule has 0 bridgehead atoms. The standard InChI is InChI=1S/C24H22N6O/c1-30(26)22-8-7-15(11-18(22)25)24-17-10-16-12-21(27-19(16)13-20(17)28-29-24)23(31)9-14-5-3-2-4-6-14/h2-8,10-13,27H,9,25-26H2,1H3,(H,28,29). The Kier molecular flexibility index (Phi) is 4.45. The topological polar surface area (TPSA) is 117 Å². The number of nitrogens with zero attached hydrogens (tertiary/aromatic N) is 2. The fourth-order valence-electron chi connectivity index (χ4n) is 3.92. The van der Waals surface area contributed by atoms with Crippen LogP contribution in [0, 0.1) is 0 Å². The van der Waals surface area contributed by atoms with Crippen LogP contribution in [-0.2, 0) is 6.42 Å². The molecule has 0 aliphatic heterocycles. The van der Waals surface area contributed by atoms with Crippen LogP contribution in [0.2, 0.25) is 0 Å². The van der Waals surface area contributed by atoms with Crippen LogP contribution >= 0.6 is 0 Å². The Balaban J connectivity index is 1.52. The minimum atomic E-state index is 0.0543. The van der Waals surface area contributed by atoms with Gasteiger partial charge in [-0.3, -0.25) is 9.89 Å². The van der Waals surface area contributed by atoms with Gasteiger partial charge in [-0.2, -0.15) is 5.10 Å². The van der Waals surface area contributed by atoms with Crippen molar-refractivity contribution in [3.63, 3.8) is 0 Å². The number of fused-ring (bicyclic) bond motifs is 2. The molecule has 7 heteroatoms. The van der Waals surface area contributed by atoms with Crippen LogP contribution in [0.3, 0.4) is 0 Å². The minimum Gasteiger partial charge on any atom is -0.397 e. The van der Waals surface area contributed by atoms with Gasteiger partial charge in [0.2, 0.25) is 0 Å². The zero-order valence-electron chi connectivity index (χ0n) is 17.0. The molecule has 3 aromatic carbocycles. The van der Waals surface area contributed by atoms with E-state index in [2.05, 4.69) is 15.2 Å². The zero-order chi connectivity index (χ0) is 21.5. The molecule has 6 N–H and O–H groups in total. The van der Waals surface area contributed by atoms with Crippen molar-refractivity contribution in [3.8, 4) is 11.3 Å². The van der Waals surface area contributed by atoms with Crippen LogP contribution in [0.5, 0.6) is 0 Å². The molecule has 5 rings (SSSR count). The van der Waals surface area contributed by atoms with Gasteiger partial charge in [-0.05, 0) is 35.9 Å². The normalized spacial score (nSPS) is 11.3. The molecule has 2 aromatic heterocycles. The van der Waals surface area contributed by atoms with E-state index in [1.54, 1.807) is 7.05 Å². The van der Waals surface area contributed by atoms with Gasteiger partial charge < -0.3 is 15.7 Å². The Morgan fingerprint density at radius 1 is 1.03 bits per heavy atom. The molecule has 0 aliphatic rings. The zero-order valence-corrected chi connectivity index (χ0v) is 17.0. The van der Waals surface area contributed by atoms with Crippen LogP contribution in [0.25, 0.3) is 33.1 Å². The molecule has 2 heterocycles. The summed E-state index contributed by atoms with van der Waals surface area (Å²) >= 11 is 0. The van der Waals surface area contributed by atoms with Gasteiger partial charge in [0.25, 0.3) is 0 Å². The van der Waals surface area contributed by atoms with E-state index in [0.29, 0.717) is 17.8 Å². The number of nitrogens with one attached hydrogen (secondary N) is 2. The molecular formula is C24H22N6O. The third-order valence-corrected chi connectivity index (χ3v) is 5.49. The first kappa shape index (κ1) is 18.9. The highest BCUT2D eigenvalue weighted by Gasteiger charge is 2.15. The number of ketones is 1. The third-order valence-electron chi connectivity index (χ3n) is 5.49. The Morgan fingerprint density at radius 3 is 2.58 bits per heavy atom. The van der Waals surface area contributed by atoms with Crippen LogP contribution in [0.15, 0.2) is 66.7 Å². The van der Waals surface area contributed by atoms with Crippen LogP contribution < -0.4 is 16.6 Å². The lowest BCUT2D eigenvalue weighted by Gasteiger charge is -2.15. The summed E-state index contributed by atoms with van der Waals surface area (Å²) in [5.74, 6) is 5.87. The van der Waals surface area contributed by atoms with E-state index in [1.807, 2.05) is 66.7 Å². The fraction of sp³-hybridized carbons (Fsp3) is 0.0833. The Labute approximate surface area is 178 Å². The first-order valence-corrected chi connectivity index (χ1v) is 9.96. The number of anilines is 2. The van der Waals surface area contributed by atoms with Gasteiger partial charge in [-0.25, -0.2) is 5.84 Å². The summed E-state index contributed by atoms with van der Waals surface area (Å²) in [6.45, 7) is 0. The molecule has 31 heavy (non-hydrogen) atoms. The number of hydrogen-bond donors (Lipinski definition) is 4. The molecule has 5 aromatic rings. The van der Waals surface area contributed by atoms with Crippen molar-refractivity contribution in [3.05, 3.63) is 78.0 Å². The molecule has 0 saturated carbocycles. The number of rotatable bonds is 5. The van der Waals surface area contributed by atoms with Crippen LogP contribution in [0.1, 0.15) is 16.1 Å². The Hall–Kier alpha value is -4.10. The van der Waals surface area contributed by atoms with Gasteiger partial charge in [-0.1, -0.05) is 36.4 Å². The lowest BCUT2D eigenvalue weighted by molar-refractivity contribution is 0.0989. The highest BCUT2D eigenvalue weighted by atomic mass is 16.1. The second-order valence-electron chi connectivity index (χ2n) is 7.71. The predicted octanol–water partition coefficient (Wildman–Crippen LogP) is 4.03. The molecule has 0 atom stereocenters. The van der Waals surface area contributed by atoms with Crippen molar-refractivity contribution >= 4 is 39.0 Å². The second kappa shape index (κ2) is 7.30. The second-order valence-corrected chi connectivity index (χ2v) is 7.71. The van der Waals surface area contributed by atoms with Crippen molar-refractivity contribution in [1.29, 1.82) is 0 Å². The van der Waals surface area contributed by atoms with Crippen molar-refractivity contribution in [2.24, 2.45) is 5.84 Å². The Morgan fingerprint density at radius 2 is 1.84 bits per heavy atom. The molecule has 0 unspecified atom stereocenters. The van der Waals surface area contributed by atoms with Crippen molar-refractivity contribution in [2.45, 2.75) is 6.42 Å². The first-order chi connectivity index (χ1) is 15.0. The van der Waals surface area contributed by atoms with E-state index in [4.69, 9.17) is 11.6 Å². The number of nitrogens with two attached hydrogens (primary N) is 2. The predicted molar refractivity (Wildman–Crippen MR) is 125 cm³/mol. The summed E-state index contributed by atoms with van der Waals surface area (Å²) in [5, 5.41) is 11.0. The largest absolute Gasteiger partial charge is 0.397 e. The van der Waals surface area contributed by atoms with Gasteiger partial charge >= 0.3 is 0 Å². The molecule has 7 nitrogen and oxygen atoms in total. The van der Waals surface area contributed by atoms with Gasteiger partial charge in [0, 0.05) is 35.3 Å². The third kappa shape index (κ3) is 3.41. The summed E-state index contributed by atoms with van der Waals surface area (Å²) in [5.41, 5.74) is 12.5. The Bertz CT molecular complexity index is 1410. The number of aromatic amines is 2. The van der Waals surface area contributed by atoms with Crippen LogP contribution in [-0.4, -0.2) is 28.0 Å². The summed E-state index contributed by atoms with van der Waals surface area (Å²) < 4.78 is 0. The van der Waals surface area contributed by atoms with E-state index < -0.39 is 0 Å². The summed E-state index contributed by atoms with van der Waals surface area (Å²) in [6, 6.07) is 21.3. The average Bonchev–Trinajstić information content (AvgIpc) is 3.35.